The molecule has 0 bridgehead atoms. The molecule has 3 heteroatoms. The number of para-hydroxylation sites is 1. The van der Waals surface area contributed by atoms with E-state index in [-0.39, 0.29) is 0 Å². The van der Waals surface area contributed by atoms with E-state index >= 15 is 0 Å². The van der Waals surface area contributed by atoms with Crippen molar-refractivity contribution in [3.63, 3.8) is 0 Å². The summed E-state index contributed by atoms with van der Waals surface area (Å²) in [4.78, 5) is 2.38. The molecule has 0 aliphatic rings. The number of nitrogens with zero attached hydrogens (tertiary/aromatic N) is 1. The van der Waals surface area contributed by atoms with Gasteiger partial charge in [-0.2, -0.15) is 0 Å². The van der Waals surface area contributed by atoms with Crippen LogP contribution in [0.4, 0.5) is 17.1 Å². The molecule has 12 aromatic rings. The van der Waals surface area contributed by atoms with Crippen LogP contribution in [0, 0.1) is 0 Å². The molecule has 10 aromatic carbocycles. The summed E-state index contributed by atoms with van der Waals surface area (Å²) in [7, 11) is 0. The molecule has 0 saturated carbocycles. The molecule has 0 N–H and O–H groups in total. The predicted molar refractivity (Wildman–Crippen MR) is 253 cm³/mol. The molecule has 0 fully saturated rings. The average molecular weight is 770 g/mol. The van der Waals surface area contributed by atoms with Gasteiger partial charge in [0.2, 0.25) is 0 Å². The number of anilines is 3. The van der Waals surface area contributed by atoms with Crippen LogP contribution in [0.25, 0.3) is 97.0 Å². The molecule has 12 rings (SSSR count). The molecule has 0 radical (unpaired) electrons. The van der Waals surface area contributed by atoms with Gasteiger partial charge in [0.05, 0.1) is 0 Å². The molecular weight excluding hydrogens is 735 g/mol. The summed E-state index contributed by atoms with van der Waals surface area (Å²) in [6, 6.07) is 76.9. The van der Waals surface area contributed by atoms with Crippen LogP contribution in [-0.4, -0.2) is 0 Å². The number of rotatable bonds is 6. The summed E-state index contributed by atoms with van der Waals surface area (Å²) in [6.45, 7) is 0. The molecule has 0 unspecified atom stereocenters. The lowest BCUT2D eigenvalue weighted by Gasteiger charge is -2.26. The zero-order valence-electron chi connectivity index (χ0n) is 32.0. The van der Waals surface area contributed by atoms with Gasteiger partial charge in [-0.15, -0.1) is 11.3 Å². The molecule has 0 saturated heterocycles. The predicted octanol–water partition coefficient (Wildman–Crippen LogP) is 16.7. The summed E-state index contributed by atoms with van der Waals surface area (Å²) in [5.74, 6) is 0. The highest BCUT2D eigenvalue weighted by Gasteiger charge is 2.17. The van der Waals surface area contributed by atoms with E-state index in [0.717, 1.165) is 61.3 Å². The van der Waals surface area contributed by atoms with E-state index in [0.29, 0.717) is 0 Å². The molecule has 2 aromatic heterocycles. The Morgan fingerprint density at radius 1 is 0.339 bits per heavy atom. The minimum atomic E-state index is 0.894. The zero-order chi connectivity index (χ0) is 38.9. The van der Waals surface area contributed by atoms with Gasteiger partial charge in [-0.3, -0.25) is 0 Å². The Balaban J connectivity index is 0.954. The van der Waals surface area contributed by atoms with Crippen molar-refractivity contribution in [3.05, 3.63) is 212 Å². The van der Waals surface area contributed by atoms with Crippen LogP contribution < -0.4 is 4.90 Å². The lowest BCUT2D eigenvalue weighted by atomic mass is 9.98. The number of benzene rings is 10. The number of hydrogen-bond acceptors (Lipinski definition) is 3. The fraction of sp³-hybridized carbons (Fsp3) is 0. The average Bonchev–Trinajstić information content (AvgIpc) is 3.88. The van der Waals surface area contributed by atoms with Crippen LogP contribution in [0.3, 0.4) is 0 Å². The smallest absolute Gasteiger partial charge is 0.143 e. The normalized spacial score (nSPS) is 11.7. The van der Waals surface area contributed by atoms with Crippen LogP contribution in [0.5, 0.6) is 0 Å². The molecule has 2 nitrogen and oxygen atoms in total. The van der Waals surface area contributed by atoms with E-state index < -0.39 is 0 Å². The van der Waals surface area contributed by atoms with Crippen LogP contribution in [0.15, 0.2) is 217 Å². The van der Waals surface area contributed by atoms with Gasteiger partial charge >= 0.3 is 0 Å². The highest BCUT2D eigenvalue weighted by molar-refractivity contribution is 7.25. The van der Waals surface area contributed by atoms with Gasteiger partial charge in [0, 0.05) is 53.6 Å². The lowest BCUT2D eigenvalue weighted by Crippen LogP contribution is -2.09. The molecule has 0 aliphatic heterocycles. The van der Waals surface area contributed by atoms with Gasteiger partial charge in [0.1, 0.15) is 11.2 Å². The first-order valence-corrected chi connectivity index (χ1v) is 20.9. The van der Waals surface area contributed by atoms with Gasteiger partial charge in [-0.05, 0) is 110 Å². The third kappa shape index (κ3) is 5.62. The second-order valence-corrected chi connectivity index (χ2v) is 16.3. The first-order valence-electron chi connectivity index (χ1n) is 20.1. The van der Waals surface area contributed by atoms with Crippen molar-refractivity contribution in [3.8, 4) is 33.4 Å². The Labute approximate surface area is 345 Å². The summed E-state index contributed by atoms with van der Waals surface area (Å²) in [5, 5.41) is 9.88. The summed E-state index contributed by atoms with van der Waals surface area (Å²) < 4.78 is 9.13. The molecule has 0 atom stereocenters. The highest BCUT2D eigenvalue weighted by atomic mass is 32.1. The van der Waals surface area contributed by atoms with Crippen LogP contribution in [0.2, 0.25) is 0 Å². The van der Waals surface area contributed by atoms with Gasteiger partial charge in [-0.25, -0.2) is 0 Å². The fourth-order valence-corrected chi connectivity index (χ4v) is 10.2. The number of furan rings is 1. The van der Waals surface area contributed by atoms with Crippen molar-refractivity contribution in [1.29, 1.82) is 0 Å². The van der Waals surface area contributed by atoms with E-state index in [9.17, 15) is 0 Å². The van der Waals surface area contributed by atoms with Gasteiger partial charge in [0.15, 0.2) is 0 Å². The Kier molecular flexibility index (Phi) is 7.75. The Morgan fingerprint density at radius 2 is 0.949 bits per heavy atom. The third-order valence-corrected chi connectivity index (χ3v) is 13.0. The zero-order valence-corrected chi connectivity index (χ0v) is 32.8. The Bertz CT molecular complexity index is 3540. The maximum absolute atomic E-state index is 6.50. The monoisotopic (exact) mass is 769 g/mol. The fourth-order valence-electron chi connectivity index (χ4n) is 9.02. The first-order chi connectivity index (χ1) is 29.2. The summed E-state index contributed by atoms with van der Waals surface area (Å²) >= 11 is 1.86. The molecule has 59 heavy (non-hydrogen) atoms. The molecule has 0 amide bonds. The van der Waals surface area contributed by atoms with Gasteiger partial charge < -0.3 is 9.32 Å². The second-order valence-electron chi connectivity index (χ2n) is 15.3. The maximum atomic E-state index is 6.50. The highest BCUT2D eigenvalue weighted by Crippen LogP contribution is 2.43. The number of fused-ring (bicyclic) bond motifs is 9. The number of thiophene rings is 1. The standard InChI is InChI=1S/C56H35NOS/c1-2-10-37(11-3-1)48-16-8-17-49-51-35-40(26-33-52(51)58-56(48)49)36-22-27-42(28-23-36)57(44-31-32-46-41(34-44)21-20-38-12-4-5-13-45(38)46)43-29-24-39(25-30-43)47-15-9-19-54-55(47)50-14-6-7-18-53(50)59-54/h1-35H. The Morgan fingerprint density at radius 3 is 1.80 bits per heavy atom. The molecule has 0 spiro atoms. The van der Waals surface area contributed by atoms with E-state index in [1.807, 2.05) is 17.4 Å². The second kappa shape index (κ2) is 13.6. The van der Waals surface area contributed by atoms with E-state index in [4.69, 9.17) is 4.42 Å². The summed E-state index contributed by atoms with van der Waals surface area (Å²) in [5.41, 5.74) is 12.2. The van der Waals surface area contributed by atoms with E-state index in [1.165, 1.54) is 52.8 Å². The van der Waals surface area contributed by atoms with Gasteiger partial charge in [0.25, 0.3) is 0 Å². The first kappa shape index (κ1) is 33.7. The molecule has 0 aliphatic carbocycles. The summed E-state index contributed by atoms with van der Waals surface area (Å²) in [6.07, 6.45) is 0. The van der Waals surface area contributed by atoms with Crippen LogP contribution in [0.1, 0.15) is 0 Å². The Hall–Kier alpha value is -7.46. The topological polar surface area (TPSA) is 16.4 Å². The van der Waals surface area contributed by atoms with E-state index in [2.05, 4.69) is 211 Å². The van der Waals surface area contributed by atoms with Crippen molar-refractivity contribution in [2.45, 2.75) is 0 Å². The molecule has 276 valence electrons. The van der Waals surface area contributed by atoms with Crippen LogP contribution >= 0.6 is 11.3 Å². The van der Waals surface area contributed by atoms with Crippen molar-refractivity contribution >= 4 is 92.1 Å². The maximum Gasteiger partial charge on any atom is 0.143 e. The third-order valence-electron chi connectivity index (χ3n) is 11.9. The van der Waals surface area contributed by atoms with Gasteiger partial charge in [-0.1, -0.05) is 152 Å². The van der Waals surface area contributed by atoms with Crippen LogP contribution in [-0.2, 0) is 0 Å². The van der Waals surface area contributed by atoms with Crippen molar-refractivity contribution in [1.82, 2.24) is 0 Å². The number of hydrogen-bond donors (Lipinski definition) is 0. The van der Waals surface area contributed by atoms with Crippen molar-refractivity contribution in [2.24, 2.45) is 0 Å². The quantitative estimate of drug-likeness (QED) is 0.157. The lowest BCUT2D eigenvalue weighted by molar-refractivity contribution is 0.670. The molecule has 2 heterocycles. The largest absolute Gasteiger partial charge is 0.455 e. The minimum absolute atomic E-state index is 0.894. The van der Waals surface area contributed by atoms with Crippen molar-refractivity contribution in [2.75, 3.05) is 4.90 Å². The SMILES string of the molecule is c1ccc(-c2cccc3c2oc2ccc(-c4ccc(N(c5ccc(-c6cccc7sc8ccccc8c67)cc5)c5ccc6c(ccc7ccccc76)c5)cc4)cc23)cc1. The van der Waals surface area contributed by atoms with Crippen molar-refractivity contribution < 1.29 is 4.42 Å². The minimum Gasteiger partial charge on any atom is -0.455 e. The molecular formula is C56H35NOS. The van der Waals surface area contributed by atoms with E-state index in [1.54, 1.807) is 0 Å².